The second-order valence-corrected chi connectivity index (χ2v) is 9.00. The van der Waals surface area contributed by atoms with Gasteiger partial charge in [0.2, 0.25) is 11.8 Å². The van der Waals surface area contributed by atoms with Gasteiger partial charge in [0.15, 0.2) is 0 Å². The van der Waals surface area contributed by atoms with Crippen LogP contribution in [0.25, 0.3) is 0 Å². The molecular formula is C25H28ClN3O4. The van der Waals surface area contributed by atoms with Crippen LogP contribution >= 0.6 is 11.6 Å². The molecule has 1 atom stereocenters. The molecular weight excluding hydrogens is 442 g/mol. The summed E-state index contributed by atoms with van der Waals surface area (Å²) in [5, 5.41) is 0.612. The fraction of sp³-hybridized carbons (Fsp3) is 0.400. The van der Waals surface area contributed by atoms with E-state index < -0.39 is 5.54 Å². The summed E-state index contributed by atoms with van der Waals surface area (Å²) in [6.45, 7) is 3.11. The molecule has 1 spiro atoms. The van der Waals surface area contributed by atoms with Gasteiger partial charge in [0.1, 0.15) is 17.8 Å². The van der Waals surface area contributed by atoms with E-state index in [1.54, 1.807) is 33.9 Å². The highest BCUT2D eigenvalue weighted by Crippen LogP contribution is 2.36. The summed E-state index contributed by atoms with van der Waals surface area (Å²) in [5.74, 6) is 0.489. The first-order valence-electron chi connectivity index (χ1n) is 11.1. The number of hydrogen-bond donors (Lipinski definition) is 0. The minimum atomic E-state index is -1.06. The number of carbonyl (C=O) groups excluding carboxylic acids is 3. The summed E-state index contributed by atoms with van der Waals surface area (Å²) in [4.78, 5) is 44.7. The molecule has 0 radical (unpaired) electrons. The number of ether oxygens (including phenoxy) is 1. The lowest BCUT2D eigenvalue weighted by Gasteiger charge is -2.47. The average Bonchev–Trinajstić information content (AvgIpc) is 3.27. The molecule has 2 aliphatic rings. The molecule has 2 saturated heterocycles. The Labute approximate surface area is 198 Å². The van der Waals surface area contributed by atoms with Crippen molar-refractivity contribution in [3.05, 3.63) is 64.7 Å². The summed E-state index contributed by atoms with van der Waals surface area (Å²) in [5.41, 5.74) is 0.744. The number of hydrogen-bond acceptors (Lipinski definition) is 4. The summed E-state index contributed by atoms with van der Waals surface area (Å²) in [7, 11) is 1.60. The molecule has 2 aromatic rings. The number of nitrogens with zero attached hydrogens (tertiary/aromatic N) is 3. The molecule has 8 heteroatoms. The second-order valence-electron chi connectivity index (χ2n) is 8.57. The monoisotopic (exact) mass is 469 g/mol. The van der Waals surface area contributed by atoms with Gasteiger partial charge in [0.25, 0.3) is 5.91 Å². The van der Waals surface area contributed by atoms with Crippen molar-refractivity contribution in [3.63, 3.8) is 0 Å². The van der Waals surface area contributed by atoms with Gasteiger partial charge in [-0.2, -0.15) is 0 Å². The number of halogens is 1. The van der Waals surface area contributed by atoms with Crippen molar-refractivity contribution in [2.24, 2.45) is 0 Å². The van der Waals surface area contributed by atoms with E-state index in [4.69, 9.17) is 16.3 Å². The highest BCUT2D eigenvalue weighted by Gasteiger charge is 2.56. The van der Waals surface area contributed by atoms with Crippen molar-refractivity contribution in [2.45, 2.75) is 38.4 Å². The Morgan fingerprint density at radius 3 is 2.30 bits per heavy atom. The molecule has 0 saturated carbocycles. The smallest absolute Gasteiger partial charge is 0.251 e. The third-order valence-electron chi connectivity index (χ3n) is 6.52. The maximum atomic E-state index is 13.9. The summed E-state index contributed by atoms with van der Waals surface area (Å²) in [6, 6.07) is 14.7. The highest BCUT2D eigenvalue weighted by molar-refractivity contribution is 6.30. The van der Waals surface area contributed by atoms with Crippen LogP contribution in [0.4, 0.5) is 0 Å². The van der Waals surface area contributed by atoms with E-state index in [9.17, 15) is 14.4 Å². The molecule has 0 bridgehead atoms. The highest BCUT2D eigenvalue weighted by atomic mass is 35.5. The third-order valence-corrected chi connectivity index (χ3v) is 6.77. The Bertz CT molecular complexity index is 1040. The van der Waals surface area contributed by atoms with E-state index in [1.807, 2.05) is 43.3 Å². The molecule has 2 aliphatic heterocycles. The average molecular weight is 470 g/mol. The molecule has 1 unspecified atom stereocenters. The number of benzene rings is 2. The first kappa shape index (κ1) is 23.1. The van der Waals surface area contributed by atoms with E-state index in [-0.39, 0.29) is 30.8 Å². The zero-order valence-corrected chi connectivity index (χ0v) is 19.7. The SMILES string of the molecule is CCC(=O)N1CCC2(C1)C(=O)N(Cc1ccc(OC)cc1)CC(=O)N2Cc1ccc(Cl)cc1. The number of amides is 3. The standard InChI is InChI=1S/C25H28ClN3O4/c1-3-22(30)27-13-12-25(17-27)24(32)28(14-18-6-10-21(33-2)11-7-18)16-23(31)29(25)15-19-4-8-20(26)9-5-19/h4-11H,3,12-17H2,1-2H3. The van der Waals surface area contributed by atoms with Gasteiger partial charge >= 0.3 is 0 Å². The first-order valence-corrected chi connectivity index (χ1v) is 11.5. The normalized spacial score (nSPS) is 20.6. The molecule has 0 N–H and O–H groups in total. The molecule has 174 valence electrons. The van der Waals surface area contributed by atoms with Crippen LogP contribution in [0.2, 0.25) is 5.02 Å². The minimum absolute atomic E-state index is 0.00191. The fourth-order valence-corrected chi connectivity index (χ4v) is 4.81. The van der Waals surface area contributed by atoms with Crippen LogP contribution in [-0.4, -0.2) is 64.7 Å². The predicted octanol–water partition coefficient (Wildman–Crippen LogP) is 3.10. The Morgan fingerprint density at radius 2 is 1.67 bits per heavy atom. The first-order chi connectivity index (χ1) is 15.9. The largest absolute Gasteiger partial charge is 0.497 e. The van der Waals surface area contributed by atoms with Gasteiger partial charge in [-0.3, -0.25) is 14.4 Å². The van der Waals surface area contributed by atoms with Crippen molar-refractivity contribution < 1.29 is 19.1 Å². The van der Waals surface area contributed by atoms with Crippen LogP contribution in [0.5, 0.6) is 5.75 Å². The number of carbonyl (C=O) groups is 3. The van der Waals surface area contributed by atoms with Gasteiger partial charge in [-0.05, 0) is 41.8 Å². The van der Waals surface area contributed by atoms with Crippen LogP contribution < -0.4 is 4.74 Å². The molecule has 33 heavy (non-hydrogen) atoms. The predicted molar refractivity (Wildman–Crippen MR) is 125 cm³/mol. The van der Waals surface area contributed by atoms with E-state index >= 15 is 0 Å². The van der Waals surface area contributed by atoms with Crippen LogP contribution in [0, 0.1) is 0 Å². The molecule has 2 heterocycles. The van der Waals surface area contributed by atoms with E-state index in [0.29, 0.717) is 37.5 Å². The van der Waals surface area contributed by atoms with Crippen LogP contribution in [0.15, 0.2) is 48.5 Å². The molecule has 3 amide bonds. The third kappa shape index (κ3) is 4.55. The Balaban J connectivity index is 1.63. The number of methoxy groups -OCH3 is 1. The van der Waals surface area contributed by atoms with Gasteiger partial charge in [-0.25, -0.2) is 0 Å². The number of rotatable bonds is 6. The molecule has 7 nitrogen and oxygen atoms in total. The number of likely N-dealkylation sites (tertiary alicyclic amines) is 1. The minimum Gasteiger partial charge on any atom is -0.497 e. The van der Waals surface area contributed by atoms with Gasteiger partial charge in [0.05, 0.1) is 13.7 Å². The van der Waals surface area contributed by atoms with Gasteiger partial charge in [0, 0.05) is 31.1 Å². The molecule has 2 fully saturated rings. The molecule has 0 aromatic heterocycles. The van der Waals surface area contributed by atoms with Crippen molar-refractivity contribution in [1.82, 2.24) is 14.7 Å². The zero-order chi connectivity index (χ0) is 23.6. The summed E-state index contributed by atoms with van der Waals surface area (Å²) in [6.07, 6.45) is 0.793. The molecule has 0 aliphatic carbocycles. The van der Waals surface area contributed by atoms with Crippen LogP contribution in [-0.2, 0) is 27.5 Å². The van der Waals surface area contributed by atoms with Crippen LogP contribution in [0.1, 0.15) is 30.9 Å². The zero-order valence-electron chi connectivity index (χ0n) is 18.9. The van der Waals surface area contributed by atoms with Gasteiger partial charge in [-0.1, -0.05) is 42.8 Å². The Morgan fingerprint density at radius 1 is 1.03 bits per heavy atom. The fourth-order valence-electron chi connectivity index (χ4n) is 4.68. The van der Waals surface area contributed by atoms with Crippen LogP contribution in [0.3, 0.4) is 0 Å². The molecule has 2 aromatic carbocycles. The van der Waals surface area contributed by atoms with Crippen molar-refractivity contribution in [3.8, 4) is 5.75 Å². The van der Waals surface area contributed by atoms with Gasteiger partial charge in [-0.15, -0.1) is 0 Å². The molecule has 4 rings (SSSR count). The van der Waals surface area contributed by atoms with Gasteiger partial charge < -0.3 is 19.4 Å². The second kappa shape index (κ2) is 9.43. The van der Waals surface area contributed by atoms with Crippen molar-refractivity contribution in [2.75, 3.05) is 26.7 Å². The number of piperazine rings is 1. The van der Waals surface area contributed by atoms with Crippen molar-refractivity contribution >= 4 is 29.3 Å². The topological polar surface area (TPSA) is 70.2 Å². The van der Waals surface area contributed by atoms with Crippen molar-refractivity contribution in [1.29, 1.82) is 0 Å². The lowest BCUT2D eigenvalue weighted by Crippen LogP contribution is -2.68. The summed E-state index contributed by atoms with van der Waals surface area (Å²) < 4.78 is 5.21. The Kier molecular flexibility index (Phi) is 6.61. The maximum Gasteiger partial charge on any atom is 0.251 e. The van der Waals surface area contributed by atoms with E-state index in [2.05, 4.69) is 0 Å². The summed E-state index contributed by atoms with van der Waals surface area (Å²) >= 11 is 6.02. The van der Waals surface area contributed by atoms with E-state index in [0.717, 1.165) is 16.9 Å². The lowest BCUT2D eigenvalue weighted by atomic mass is 9.90. The van der Waals surface area contributed by atoms with E-state index in [1.165, 1.54) is 0 Å². The maximum absolute atomic E-state index is 13.9. The lowest BCUT2D eigenvalue weighted by molar-refractivity contribution is -0.166. The quantitative estimate of drug-likeness (QED) is 0.651. The Hall–Kier alpha value is -3.06.